The Hall–Kier alpha value is -1.46. The third-order valence-electron chi connectivity index (χ3n) is 1.59. The number of aromatic nitrogens is 1. The van der Waals surface area contributed by atoms with E-state index in [1.165, 1.54) is 18.3 Å². The zero-order valence-corrected chi connectivity index (χ0v) is 6.84. The minimum atomic E-state index is -0.999. The van der Waals surface area contributed by atoms with Gasteiger partial charge in [0.2, 0.25) is 0 Å². The summed E-state index contributed by atoms with van der Waals surface area (Å²) >= 11 is 0. The summed E-state index contributed by atoms with van der Waals surface area (Å²) in [4.78, 5) is 14.4. The van der Waals surface area contributed by atoms with E-state index in [1.807, 2.05) is 0 Å². The zero-order chi connectivity index (χ0) is 9.84. The van der Waals surface area contributed by atoms with Gasteiger partial charge in [0.1, 0.15) is 11.8 Å². The van der Waals surface area contributed by atoms with E-state index < -0.39 is 18.6 Å². The molecule has 5 nitrogen and oxygen atoms in total. The molecule has 0 aromatic carbocycles. The molecule has 0 saturated carbocycles. The number of primary amides is 1. The fourth-order valence-electron chi connectivity index (χ4n) is 0.894. The largest absolute Gasteiger partial charge is 0.393 e. The Morgan fingerprint density at radius 3 is 2.92 bits per heavy atom. The summed E-state index contributed by atoms with van der Waals surface area (Å²) in [6, 6.07) is 2.86. The number of hydrogen-bond acceptors (Lipinski definition) is 4. The lowest BCUT2D eigenvalue weighted by Crippen LogP contribution is -2.14. The minimum absolute atomic E-state index is 0.0741. The van der Waals surface area contributed by atoms with Crippen LogP contribution in [0, 0.1) is 0 Å². The lowest BCUT2D eigenvalue weighted by atomic mass is 10.1. The van der Waals surface area contributed by atoms with Crippen LogP contribution in [0.25, 0.3) is 0 Å². The van der Waals surface area contributed by atoms with Gasteiger partial charge >= 0.3 is 0 Å². The van der Waals surface area contributed by atoms with Crippen molar-refractivity contribution in [3.63, 3.8) is 0 Å². The Morgan fingerprint density at radius 1 is 1.69 bits per heavy atom. The number of amides is 1. The number of rotatable bonds is 3. The van der Waals surface area contributed by atoms with E-state index in [-0.39, 0.29) is 5.69 Å². The van der Waals surface area contributed by atoms with Gasteiger partial charge in [0, 0.05) is 6.20 Å². The molecule has 1 atom stereocenters. The van der Waals surface area contributed by atoms with Gasteiger partial charge in [-0.05, 0) is 17.7 Å². The van der Waals surface area contributed by atoms with Gasteiger partial charge in [-0.2, -0.15) is 0 Å². The number of aliphatic hydroxyl groups is 2. The van der Waals surface area contributed by atoms with Gasteiger partial charge in [0.25, 0.3) is 5.91 Å². The average Bonchev–Trinajstić information content (AvgIpc) is 2.17. The van der Waals surface area contributed by atoms with Gasteiger partial charge in [0.15, 0.2) is 0 Å². The first-order valence-electron chi connectivity index (χ1n) is 3.70. The highest BCUT2D eigenvalue weighted by Gasteiger charge is 2.08. The summed E-state index contributed by atoms with van der Waals surface area (Å²) in [5.41, 5.74) is 5.48. The highest BCUT2D eigenvalue weighted by molar-refractivity contribution is 5.90. The second-order valence-electron chi connectivity index (χ2n) is 2.54. The fourth-order valence-corrected chi connectivity index (χ4v) is 0.894. The zero-order valence-electron chi connectivity index (χ0n) is 6.84. The standard InChI is InChI=1S/C8H10N2O3/c9-8(13)6-3-5(1-2-10-6)7(12)4-11/h1-3,7,11-12H,4H2,(H2,9,13). The van der Waals surface area contributed by atoms with Crippen LogP contribution < -0.4 is 5.73 Å². The molecule has 1 aromatic rings. The molecule has 1 rings (SSSR count). The predicted octanol–water partition coefficient (Wildman–Crippen LogP) is -0.794. The van der Waals surface area contributed by atoms with Gasteiger partial charge in [-0.3, -0.25) is 9.78 Å². The quantitative estimate of drug-likeness (QED) is 0.570. The molecule has 13 heavy (non-hydrogen) atoms. The smallest absolute Gasteiger partial charge is 0.267 e. The SMILES string of the molecule is NC(=O)c1cc(C(O)CO)ccn1. The van der Waals surface area contributed by atoms with E-state index in [4.69, 9.17) is 10.8 Å². The van der Waals surface area contributed by atoms with Crippen molar-refractivity contribution in [1.29, 1.82) is 0 Å². The number of hydrogen-bond donors (Lipinski definition) is 3. The predicted molar refractivity (Wildman–Crippen MR) is 44.8 cm³/mol. The molecule has 0 saturated heterocycles. The van der Waals surface area contributed by atoms with Crippen LogP contribution in [0.2, 0.25) is 0 Å². The number of aliphatic hydroxyl groups excluding tert-OH is 2. The summed E-state index contributed by atoms with van der Waals surface area (Å²) in [6.45, 7) is -0.401. The topological polar surface area (TPSA) is 96.4 Å². The Kier molecular flexibility index (Phi) is 2.94. The molecule has 70 valence electrons. The molecule has 0 spiro atoms. The average molecular weight is 182 g/mol. The molecule has 1 unspecified atom stereocenters. The van der Waals surface area contributed by atoms with Crippen LogP contribution in [0.4, 0.5) is 0 Å². The van der Waals surface area contributed by atoms with Crippen molar-refractivity contribution in [2.24, 2.45) is 5.73 Å². The molecular formula is C8H10N2O3. The molecule has 4 N–H and O–H groups in total. The van der Waals surface area contributed by atoms with Crippen LogP contribution in [0.1, 0.15) is 22.2 Å². The first-order valence-corrected chi connectivity index (χ1v) is 3.70. The van der Waals surface area contributed by atoms with Gasteiger partial charge in [-0.1, -0.05) is 0 Å². The Labute approximate surface area is 74.8 Å². The molecule has 1 heterocycles. The van der Waals surface area contributed by atoms with E-state index in [1.54, 1.807) is 0 Å². The van der Waals surface area contributed by atoms with Crippen LogP contribution in [-0.4, -0.2) is 27.7 Å². The molecule has 0 fully saturated rings. The van der Waals surface area contributed by atoms with Gasteiger partial charge in [-0.25, -0.2) is 0 Å². The van der Waals surface area contributed by atoms with Crippen LogP contribution in [-0.2, 0) is 0 Å². The molecule has 1 aromatic heterocycles. The minimum Gasteiger partial charge on any atom is -0.393 e. The molecular weight excluding hydrogens is 172 g/mol. The Bertz CT molecular complexity index is 314. The van der Waals surface area contributed by atoms with Crippen molar-refractivity contribution in [2.45, 2.75) is 6.10 Å². The summed E-state index contributed by atoms with van der Waals surface area (Å²) in [7, 11) is 0. The van der Waals surface area contributed by atoms with Crippen LogP contribution >= 0.6 is 0 Å². The second-order valence-corrected chi connectivity index (χ2v) is 2.54. The number of nitrogens with two attached hydrogens (primary N) is 1. The number of carbonyl (C=O) groups excluding carboxylic acids is 1. The lowest BCUT2D eigenvalue weighted by Gasteiger charge is -2.06. The van der Waals surface area contributed by atoms with Crippen LogP contribution in [0.5, 0.6) is 0 Å². The Balaban J connectivity index is 2.98. The molecule has 0 aliphatic heterocycles. The van der Waals surface area contributed by atoms with E-state index in [9.17, 15) is 9.90 Å². The van der Waals surface area contributed by atoms with Crippen molar-refractivity contribution in [2.75, 3.05) is 6.61 Å². The van der Waals surface area contributed by atoms with Crippen LogP contribution in [0.15, 0.2) is 18.3 Å². The van der Waals surface area contributed by atoms with Crippen molar-refractivity contribution in [1.82, 2.24) is 4.98 Å². The third-order valence-corrected chi connectivity index (χ3v) is 1.59. The number of carbonyl (C=O) groups is 1. The van der Waals surface area contributed by atoms with E-state index >= 15 is 0 Å². The summed E-state index contributed by atoms with van der Waals surface area (Å²) < 4.78 is 0. The summed E-state index contributed by atoms with van der Waals surface area (Å²) in [5, 5.41) is 17.8. The summed E-state index contributed by atoms with van der Waals surface area (Å²) in [6.07, 6.45) is 0.356. The van der Waals surface area contributed by atoms with E-state index in [2.05, 4.69) is 4.98 Å². The monoisotopic (exact) mass is 182 g/mol. The maximum absolute atomic E-state index is 10.7. The first kappa shape index (κ1) is 9.63. The van der Waals surface area contributed by atoms with E-state index in [0.717, 1.165) is 0 Å². The highest BCUT2D eigenvalue weighted by atomic mass is 16.3. The van der Waals surface area contributed by atoms with Crippen LogP contribution in [0.3, 0.4) is 0 Å². The number of nitrogens with zero attached hydrogens (tertiary/aromatic N) is 1. The molecule has 5 heteroatoms. The summed E-state index contributed by atoms with van der Waals surface area (Å²) in [5.74, 6) is -0.660. The van der Waals surface area contributed by atoms with Crippen molar-refractivity contribution < 1.29 is 15.0 Å². The molecule has 0 aliphatic carbocycles. The maximum Gasteiger partial charge on any atom is 0.267 e. The van der Waals surface area contributed by atoms with Gasteiger partial charge < -0.3 is 15.9 Å². The van der Waals surface area contributed by atoms with Gasteiger partial charge in [-0.15, -0.1) is 0 Å². The lowest BCUT2D eigenvalue weighted by molar-refractivity contribution is 0.0947. The molecule has 0 aliphatic rings. The van der Waals surface area contributed by atoms with Crippen molar-refractivity contribution in [3.8, 4) is 0 Å². The number of pyridine rings is 1. The molecule has 1 amide bonds. The molecule has 0 radical (unpaired) electrons. The van der Waals surface area contributed by atoms with Crippen molar-refractivity contribution >= 4 is 5.91 Å². The maximum atomic E-state index is 10.7. The van der Waals surface area contributed by atoms with Gasteiger partial charge in [0.05, 0.1) is 6.61 Å². The molecule has 0 bridgehead atoms. The third kappa shape index (κ3) is 2.24. The fraction of sp³-hybridized carbons (Fsp3) is 0.250. The highest BCUT2D eigenvalue weighted by Crippen LogP contribution is 2.11. The second kappa shape index (κ2) is 3.97. The normalized spacial score (nSPS) is 12.5. The van der Waals surface area contributed by atoms with E-state index in [0.29, 0.717) is 5.56 Å². The van der Waals surface area contributed by atoms with Crippen molar-refractivity contribution in [3.05, 3.63) is 29.6 Å². The first-order chi connectivity index (χ1) is 6.15. The Morgan fingerprint density at radius 2 is 2.38 bits per heavy atom.